The van der Waals surface area contributed by atoms with E-state index in [2.05, 4.69) is 10.2 Å². The Bertz CT molecular complexity index is 889. The van der Waals surface area contributed by atoms with Gasteiger partial charge in [-0.05, 0) is 24.3 Å². The van der Waals surface area contributed by atoms with Crippen molar-refractivity contribution in [3.8, 4) is 6.07 Å². The molecule has 0 spiro atoms. The van der Waals surface area contributed by atoms with Gasteiger partial charge in [0.1, 0.15) is 5.82 Å². The Morgan fingerprint density at radius 2 is 1.91 bits per heavy atom. The van der Waals surface area contributed by atoms with E-state index in [1.807, 2.05) is 6.07 Å². The van der Waals surface area contributed by atoms with E-state index in [1.165, 1.54) is 33.1 Å². The van der Waals surface area contributed by atoms with E-state index in [9.17, 15) is 13.2 Å². The van der Waals surface area contributed by atoms with Gasteiger partial charge in [-0.3, -0.25) is 4.57 Å². The van der Waals surface area contributed by atoms with Gasteiger partial charge in [0.2, 0.25) is 10.0 Å². The Hall–Kier alpha value is -2.44. The minimum Gasteiger partial charge on any atom is -0.278 e. The predicted molar refractivity (Wildman–Crippen MR) is 76.5 cm³/mol. The van der Waals surface area contributed by atoms with Crippen LogP contribution < -0.4 is 5.69 Å². The number of H-pyrrole nitrogens is 1. The maximum atomic E-state index is 12.6. The maximum absolute atomic E-state index is 12.6. The summed E-state index contributed by atoms with van der Waals surface area (Å²) in [4.78, 5) is 11.7. The molecule has 0 atom stereocenters. The molecular formula is C13H13N5O3S. The largest absolute Gasteiger partial charge is 0.343 e. The standard InChI is InChI=1S/C13H13N5O3S/c14-9-10-1-3-11(4-2-10)22(20,21)17-6-5-12-15-16-13(19)18(12)8-7-17/h1-4H,5-8H2,(H,16,19). The second-order valence-electron chi connectivity index (χ2n) is 4.89. The van der Waals surface area contributed by atoms with Gasteiger partial charge in [0.15, 0.2) is 0 Å². The summed E-state index contributed by atoms with van der Waals surface area (Å²) >= 11 is 0. The zero-order valence-corrected chi connectivity index (χ0v) is 12.4. The summed E-state index contributed by atoms with van der Waals surface area (Å²) in [7, 11) is -3.65. The summed E-state index contributed by atoms with van der Waals surface area (Å²) in [5, 5.41) is 15.0. The predicted octanol–water partition coefficient (Wildman–Crippen LogP) is -0.310. The third-order valence-electron chi connectivity index (χ3n) is 3.62. The molecule has 1 aliphatic rings. The summed E-state index contributed by atoms with van der Waals surface area (Å²) in [5.74, 6) is 0.558. The van der Waals surface area contributed by atoms with Gasteiger partial charge in [0.25, 0.3) is 0 Å². The number of hydrogen-bond acceptors (Lipinski definition) is 5. The molecule has 1 N–H and O–H groups in total. The fraction of sp³-hybridized carbons (Fsp3) is 0.308. The van der Waals surface area contributed by atoms with E-state index in [4.69, 9.17) is 5.26 Å². The van der Waals surface area contributed by atoms with E-state index >= 15 is 0 Å². The van der Waals surface area contributed by atoms with Crippen molar-refractivity contribution in [1.82, 2.24) is 19.1 Å². The van der Waals surface area contributed by atoms with Gasteiger partial charge in [-0.25, -0.2) is 18.3 Å². The number of nitrogens with one attached hydrogen (secondary N) is 1. The summed E-state index contributed by atoms with van der Waals surface area (Å²) in [6.07, 6.45) is 0.369. The lowest BCUT2D eigenvalue weighted by molar-refractivity contribution is 0.413. The molecule has 9 heteroatoms. The van der Waals surface area contributed by atoms with Crippen LogP contribution in [0.4, 0.5) is 0 Å². The third kappa shape index (κ3) is 2.43. The average Bonchev–Trinajstić information content (AvgIpc) is 2.75. The fourth-order valence-corrected chi connectivity index (χ4v) is 3.84. The van der Waals surface area contributed by atoms with Crippen molar-refractivity contribution in [3.05, 3.63) is 46.1 Å². The molecule has 0 radical (unpaired) electrons. The zero-order chi connectivity index (χ0) is 15.7. The summed E-state index contributed by atoms with van der Waals surface area (Å²) < 4.78 is 28.0. The molecule has 0 saturated carbocycles. The number of fused-ring (bicyclic) bond motifs is 1. The highest BCUT2D eigenvalue weighted by Crippen LogP contribution is 2.18. The van der Waals surface area contributed by atoms with Crippen LogP contribution in [-0.2, 0) is 23.0 Å². The highest BCUT2D eigenvalue weighted by atomic mass is 32.2. The SMILES string of the molecule is N#Cc1ccc(S(=O)(=O)N2CCc3n[nH]c(=O)n3CC2)cc1. The molecule has 1 aromatic heterocycles. The zero-order valence-electron chi connectivity index (χ0n) is 11.6. The second-order valence-corrected chi connectivity index (χ2v) is 6.82. The maximum Gasteiger partial charge on any atom is 0.343 e. The van der Waals surface area contributed by atoms with E-state index in [0.717, 1.165) is 0 Å². The van der Waals surface area contributed by atoms with E-state index in [-0.39, 0.29) is 30.2 Å². The van der Waals surface area contributed by atoms with E-state index in [0.29, 0.717) is 17.8 Å². The van der Waals surface area contributed by atoms with Crippen LogP contribution >= 0.6 is 0 Å². The van der Waals surface area contributed by atoms with Crippen LogP contribution in [-0.4, -0.2) is 40.6 Å². The molecule has 0 amide bonds. The van der Waals surface area contributed by atoms with Crippen molar-refractivity contribution in [1.29, 1.82) is 5.26 Å². The molecule has 0 aliphatic carbocycles. The number of hydrogen-bond donors (Lipinski definition) is 1. The first-order valence-corrected chi connectivity index (χ1v) is 8.11. The van der Waals surface area contributed by atoms with Crippen molar-refractivity contribution >= 4 is 10.0 Å². The topological polar surface area (TPSA) is 112 Å². The fourth-order valence-electron chi connectivity index (χ4n) is 2.41. The molecule has 2 heterocycles. The summed E-state index contributed by atoms with van der Waals surface area (Å²) in [6, 6.07) is 7.74. The Labute approximate surface area is 126 Å². The molecule has 0 unspecified atom stereocenters. The lowest BCUT2D eigenvalue weighted by Gasteiger charge is -2.19. The normalized spacial score (nSPS) is 15.8. The van der Waals surface area contributed by atoms with Crippen LogP contribution in [0.2, 0.25) is 0 Å². The number of rotatable bonds is 2. The van der Waals surface area contributed by atoms with Gasteiger partial charge in [-0.2, -0.15) is 14.7 Å². The molecule has 114 valence electrons. The highest BCUT2D eigenvalue weighted by Gasteiger charge is 2.27. The monoisotopic (exact) mass is 319 g/mol. The number of aromatic amines is 1. The van der Waals surface area contributed by atoms with Gasteiger partial charge in [-0.15, -0.1) is 0 Å². The summed E-state index contributed by atoms with van der Waals surface area (Å²) in [5.41, 5.74) is 0.0779. The van der Waals surface area contributed by atoms with Crippen LogP contribution in [0.3, 0.4) is 0 Å². The quantitative estimate of drug-likeness (QED) is 0.816. The number of benzene rings is 1. The molecule has 1 aliphatic heterocycles. The highest BCUT2D eigenvalue weighted by molar-refractivity contribution is 7.89. The van der Waals surface area contributed by atoms with Crippen LogP contribution in [0.1, 0.15) is 11.4 Å². The van der Waals surface area contributed by atoms with Crippen LogP contribution in [0.5, 0.6) is 0 Å². The van der Waals surface area contributed by atoms with Crippen molar-refractivity contribution in [3.63, 3.8) is 0 Å². The molecule has 0 saturated heterocycles. The second kappa shape index (κ2) is 5.40. The van der Waals surface area contributed by atoms with Crippen molar-refractivity contribution in [2.24, 2.45) is 0 Å². The smallest absolute Gasteiger partial charge is 0.278 e. The Balaban J connectivity index is 1.87. The van der Waals surface area contributed by atoms with Crippen LogP contribution in [0.15, 0.2) is 34.0 Å². The van der Waals surface area contributed by atoms with Crippen molar-refractivity contribution < 1.29 is 8.42 Å². The molecule has 0 bridgehead atoms. The van der Waals surface area contributed by atoms with Gasteiger partial charge >= 0.3 is 5.69 Å². The minimum absolute atomic E-state index is 0.139. The Kier molecular flexibility index (Phi) is 3.56. The number of nitriles is 1. The van der Waals surface area contributed by atoms with E-state index in [1.54, 1.807) is 0 Å². The van der Waals surface area contributed by atoms with Gasteiger partial charge in [0, 0.05) is 26.1 Å². The van der Waals surface area contributed by atoms with Crippen molar-refractivity contribution in [2.75, 3.05) is 13.1 Å². The first kappa shape index (κ1) is 14.5. The van der Waals surface area contributed by atoms with Gasteiger partial charge in [0.05, 0.1) is 16.5 Å². The summed E-state index contributed by atoms with van der Waals surface area (Å²) in [6.45, 7) is 0.724. The van der Waals surface area contributed by atoms with Crippen LogP contribution in [0, 0.1) is 11.3 Å². The molecule has 2 aromatic rings. The molecule has 0 fully saturated rings. The molecule has 8 nitrogen and oxygen atoms in total. The van der Waals surface area contributed by atoms with Crippen molar-refractivity contribution in [2.45, 2.75) is 17.9 Å². The lowest BCUT2D eigenvalue weighted by atomic mass is 10.2. The molecule has 22 heavy (non-hydrogen) atoms. The molecule has 3 rings (SSSR count). The van der Waals surface area contributed by atoms with Gasteiger partial charge < -0.3 is 0 Å². The first-order chi connectivity index (χ1) is 10.5. The van der Waals surface area contributed by atoms with E-state index < -0.39 is 10.0 Å². The number of nitrogens with zero attached hydrogens (tertiary/aromatic N) is 4. The Morgan fingerprint density at radius 3 is 2.59 bits per heavy atom. The molecule has 1 aromatic carbocycles. The Morgan fingerprint density at radius 1 is 1.18 bits per heavy atom. The van der Waals surface area contributed by atoms with Crippen LogP contribution in [0.25, 0.3) is 0 Å². The molecular weight excluding hydrogens is 306 g/mol. The third-order valence-corrected chi connectivity index (χ3v) is 5.53. The number of aromatic nitrogens is 3. The lowest BCUT2D eigenvalue weighted by Crippen LogP contribution is -2.34. The van der Waals surface area contributed by atoms with Gasteiger partial charge in [-0.1, -0.05) is 0 Å². The average molecular weight is 319 g/mol. The minimum atomic E-state index is -3.65. The number of sulfonamides is 1. The first-order valence-electron chi connectivity index (χ1n) is 6.67.